The topological polar surface area (TPSA) is 79.6 Å². The highest BCUT2D eigenvalue weighted by Gasteiger charge is 2.36. The zero-order valence-corrected chi connectivity index (χ0v) is 20.0. The molecule has 3 amide bonds. The van der Waals surface area contributed by atoms with Crippen molar-refractivity contribution < 1.29 is 18.8 Å². The Hall–Kier alpha value is -3.00. The third-order valence-corrected chi connectivity index (χ3v) is 6.25. The first kappa shape index (κ1) is 23.2. The minimum atomic E-state index is -0.556. The van der Waals surface area contributed by atoms with Gasteiger partial charge >= 0.3 is 0 Å². The maximum atomic E-state index is 12.7. The first-order valence-corrected chi connectivity index (χ1v) is 11.5. The van der Waals surface area contributed by atoms with Gasteiger partial charge in [-0.25, -0.2) is 0 Å². The highest BCUT2D eigenvalue weighted by atomic mass is 35.5. The normalized spacial score (nSPS) is 14.9. The third kappa shape index (κ3) is 5.33. The maximum absolute atomic E-state index is 12.7. The minimum absolute atomic E-state index is 0.164. The first-order valence-electron chi connectivity index (χ1n) is 9.88. The second-order valence-electron chi connectivity index (χ2n) is 7.52. The Balaban J connectivity index is 1.47. The number of nitrogens with zero attached hydrogens (tertiary/aromatic N) is 1. The molecule has 0 atom stereocenters. The van der Waals surface area contributed by atoms with Crippen molar-refractivity contribution in [2.24, 2.45) is 0 Å². The van der Waals surface area contributed by atoms with E-state index in [2.05, 4.69) is 5.32 Å². The van der Waals surface area contributed by atoms with Gasteiger partial charge in [0.15, 0.2) is 0 Å². The molecular formula is C24H18Cl2N2O4S. The summed E-state index contributed by atoms with van der Waals surface area (Å²) in [5, 5.41) is 3.19. The Morgan fingerprint density at radius 2 is 1.79 bits per heavy atom. The molecule has 0 unspecified atom stereocenters. The molecule has 0 aliphatic carbocycles. The van der Waals surface area contributed by atoms with Gasteiger partial charge in [0.05, 0.1) is 9.93 Å². The number of hydrogen-bond acceptors (Lipinski definition) is 5. The summed E-state index contributed by atoms with van der Waals surface area (Å²) in [5.41, 5.74) is 3.22. The molecular weight excluding hydrogens is 483 g/mol. The van der Waals surface area contributed by atoms with Gasteiger partial charge in [-0.15, -0.1) is 0 Å². The predicted molar refractivity (Wildman–Crippen MR) is 131 cm³/mol. The summed E-state index contributed by atoms with van der Waals surface area (Å²) >= 11 is 13.0. The molecule has 6 nitrogen and oxygen atoms in total. The van der Waals surface area contributed by atoms with Crippen LogP contribution < -0.4 is 5.32 Å². The molecule has 1 fully saturated rings. The van der Waals surface area contributed by atoms with Crippen molar-refractivity contribution in [2.45, 2.75) is 13.8 Å². The first-order chi connectivity index (χ1) is 15.7. The highest BCUT2D eigenvalue weighted by Crippen LogP contribution is 2.35. The molecule has 0 bridgehead atoms. The molecule has 9 heteroatoms. The summed E-state index contributed by atoms with van der Waals surface area (Å²) in [4.78, 5) is 38.6. The van der Waals surface area contributed by atoms with Crippen molar-refractivity contribution in [3.05, 3.63) is 80.4 Å². The van der Waals surface area contributed by atoms with Crippen molar-refractivity contribution in [2.75, 3.05) is 11.9 Å². The van der Waals surface area contributed by atoms with Crippen LogP contribution in [0.25, 0.3) is 17.4 Å². The van der Waals surface area contributed by atoms with Crippen LogP contribution in [0.1, 0.15) is 16.9 Å². The summed E-state index contributed by atoms with van der Waals surface area (Å²) in [6, 6.07) is 14.0. The van der Waals surface area contributed by atoms with Crippen molar-refractivity contribution in [1.29, 1.82) is 0 Å². The molecule has 1 saturated heterocycles. The molecule has 33 heavy (non-hydrogen) atoms. The number of amides is 3. The standard InChI is InChI=1S/C24H18Cl2N2O4S/c1-13-7-14(2)9-16(8-13)27-22(29)12-28-23(30)21(33-24(28)31)11-17-4-6-20(32-17)18-10-15(25)3-5-19(18)26/h3-11H,12H2,1-2H3,(H,27,29)/b21-11+. The molecule has 4 rings (SSSR count). The van der Waals surface area contributed by atoms with Gasteiger partial charge in [0.2, 0.25) is 5.91 Å². The van der Waals surface area contributed by atoms with E-state index in [0.29, 0.717) is 32.8 Å². The van der Waals surface area contributed by atoms with Crippen LogP contribution in [0.5, 0.6) is 0 Å². The lowest BCUT2D eigenvalue weighted by atomic mass is 10.1. The van der Waals surface area contributed by atoms with Gasteiger partial charge in [0, 0.05) is 22.3 Å². The number of carbonyl (C=O) groups excluding carboxylic acids is 3. The molecule has 0 saturated carbocycles. The average molecular weight is 501 g/mol. The van der Waals surface area contributed by atoms with E-state index in [1.807, 2.05) is 32.0 Å². The van der Waals surface area contributed by atoms with E-state index in [-0.39, 0.29) is 11.4 Å². The Bertz CT molecular complexity index is 1300. The number of carbonyl (C=O) groups is 3. The van der Waals surface area contributed by atoms with Crippen LogP contribution in [0, 0.1) is 13.8 Å². The number of halogens is 2. The van der Waals surface area contributed by atoms with Crippen molar-refractivity contribution in [3.63, 3.8) is 0 Å². The Morgan fingerprint density at radius 3 is 2.52 bits per heavy atom. The summed E-state index contributed by atoms with van der Waals surface area (Å²) in [7, 11) is 0. The van der Waals surface area contributed by atoms with E-state index in [1.54, 1.807) is 30.3 Å². The van der Waals surface area contributed by atoms with Gasteiger partial charge in [-0.2, -0.15) is 0 Å². The predicted octanol–water partition coefficient (Wildman–Crippen LogP) is 6.55. The summed E-state index contributed by atoms with van der Waals surface area (Å²) < 4.78 is 5.77. The fourth-order valence-electron chi connectivity index (χ4n) is 3.42. The number of imide groups is 1. The van der Waals surface area contributed by atoms with Crippen molar-refractivity contribution in [3.8, 4) is 11.3 Å². The average Bonchev–Trinajstić information content (AvgIpc) is 3.29. The summed E-state index contributed by atoms with van der Waals surface area (Å²) in [6.07, 6.45) is 1.47. The fraction of sp³-hybridized carbons (Fsp3) is 0.125. The third-order valence-electron chi connectivity index (χ3n) is 4.77. The van der Waals surface area contributed by atoms with Crippen LogP contribution in [0.2, 0.25) is 10.0 Å². The van der Waals surface area contributed by atoms with Gasteiger partial charge in [0.1, 0.15) is 18.1 Å². The number of thioether (sulfide) groups is 1. The highest BCUT2D eigenvalue weighted by molar-refractivity contribution is 8.18. The molecule has 0 radical (unpaired) electrons. The van der Waals surface area contributed by atoms with Gasteiger partial charge < -0.3 is 9.73 Å². The molecule has 3 aromatic rings. The molecule has 1 aliphatic rings. The molecule has 1 N–H and O–H groups in total. The van der Waals surface area contributed by atoms with E-state index in [0.717, 1.165) is 27.8 Å². The Morgan fingerprint density at radius 1 is 1.06 bits per heavy atom. The largest absolute Gasteiger partial charge is 0.457 e. The smallest absolute Gasteiger partial charge is 0.294 e. The van der Waals surface area contributed by atoms with Crippen LogP contribution in [0.15, 0.2) is 57.9 Å². The van der Waals surface area contributed by atoms with Gasteiger partial charge in [-0.3, -0.25) is 19.3 Å². The zero-order valence-electron chi connectivity index (χ0n) is 17.6. The van der Waals surface area contributed by atoms with E-state index in [1.165, 1.54) is 6.08 Å². The molecule has 1 aliphatic heterocycles. The number of benzene rings is 2. The quantitative estimate of drug-likeness (QED) is 0.402. The molecule has 2 heterocycles. The molecule has 0 spiro atoms. The van der Waals surface area contributed by atoms with Gasteiger partial charge in [-0.05, 0) is 79.2 Å². The second-order valence-corrected chi connectivity index (χ2v) is 9.36. The van der Waals surface area contributed by atoms with Crippen molar-refractivity contribution in [1.82, 2.24) is 4.90 Å². The van der Waals surface area contributed by atoms with E-state index >= 15 is 0 Å². The number of aryl methyl sites for hydroxylation is 2. The SMILES string of the molecule is Cc1cc(C)cc(NC(=O)CN2C(=O)S/C(=C/c3ccc(-c4cc(Cl)ccc4Cl)o3)C2=O)c1. The lowest BCUT2D eigenvalue weighted by Crippen LogP contribution is -2.36. The zero-order chi connectivity index (χ0) is 23.7. The van der Waals surface area contributed by atoms with E-state index < -0.39 is 17.1 Å². The molecule has 1 aromatic heterocycles. The summed E-state index contributed by atoms with van der Waals surface area (Å²) in [6.45, 7) is 3.46. The summed E-state index contributed by atoms with van der Waals surface area (Å²) in [5.74, 6) is -0.175. The number of furan rings is 1. The monoisotopic (exact) mass is 500 g/mol. The van der Waals surface area contributed by atoms with Crippen LogP contribution in [-0.4, -0.2) is 28.5 Å². The fourth-order valence-corrected chi connectivity index (χ4v) is 4.62. The van der Waals surface area contributed by atoms with Gasteiger partial charge in [-0.1, -0.05) is 29.3 Å². The number of anilines is 1. The van der Waals surface area contributed by atoms with Crippen LogP contribution in [0.3, 0.4) is 0 Å². The number of hydrogen-bond donors (Lipinski definition) is 1. The second kappa shape index (κ2) is 9.47. The number of nitrogens with one attached hydrogen (secondary N) is 1. The number of rotatable bonds is 5. The van der Waals surface area contributed by atoms with E-state index in [9.17, 15) is 14.4 Å². The van der Waals surface area contributed by atoms with E-state index in [4.69, 9.17) is 27.6 Å². The van der Waals surface area contributed by atoms with Crippen molar-refractivity contribution >= 4 is 63.8 Å². The molecule has 168 valence electrons. The molecule has 2 aromatic carbocycles. The maximum Gasteiger partial charge on any atom is 0.294 e. The lowest BCUT2D eigenvalue weighted by molar-refractivity contribution is -0.127. The van der Waals surface area contributed by atoms with Crippen LogP contribution in [-0.2, 0) is 9.59 Å². The Labute approximate surface area is 204 Å². The minimum Gasteiger partial charge on any atom is -0.457 e. The Kier molecular flexibility index (Phi) is 6.65. The lowest BCUT2D eigenvalue weighted by Gasteiger charge is -2.13. The van der Waals surface area contributed by atoms with Crippen LogP contribution in [0.4, 0.5) is 10.5 Å². The van der Waals surface area contributed by atoms with Gasteiger partial charge in [0.25, 0.3) is 11.1 Å². The van der Waals surface area contributed by atoms with Crippen LogP contribution >= 0.6 is 35.0 Å².